The summed E-state index contributed by atoms with van der Waals surface area (Å²) in [6.07, 6.45) is 6.67. The van der Waals surface area contributed by atoms with Crippen LogP contribution in [0, 0.1) is 19.8 Å². The number of fused-ring (bicyclic) bond motifs is 1. The lowest BCUT2D eigenvalue weighted by Crippen LogP contribution is -2.38. The summed E-state index contributed by atoms with van der Waals surface area (Å²) in [6, 6.07) is 4.33. The van der Waals surface area contributed by atoms with E-state index in [1.807, 2.05) is 4.90 Å². The number of halogens is 1. The molecule has 150 valence electrons. The molecule has 0 spiro atoms. The Morgan fingerprint density at radius 1 is 1.15 bits per heavy atom. The van der Waals surface area contributed by atoms with Crippen molar-refractivity contribution in [2.24, 2.45) is 5.92 Å². The zero-order valence-electron chi connectivity index (χ0n) is 17.0. The number of benzene rings is 1. The van der Waals surface area contributed by atoms with E-state index in [4.69, 9.17) is 4.98 Å². The lowest BCUT2D eigenvalue weighted by atomic mass is 9.88. The molecule has 1 saturated carbocycles. The van der Waals surface area contributed by atoms with Crippen LogP contribution in [-0.4, -0.2) is 43.0 Å². The van der Waals surface area contributed by atoms with E-state index in [1.54, 1.807) is 11.3 Å². The first-order valence-electron chi connectivity index (χ1n) is 9.79. The van der Waals surface area contributed by atoms with Gasteiger partial charge in [0.2, 0.25) is 5.91 Å². The van der Waals surface area contributed by atoms with E-state index in [0.717, 1.165) is 43.0 Å². The van der Waals surface area contributed by atoms with Gasteiger partial charge in [-0.2, -0.15) is 0 Å². The molecule has 0 radical (unpaired) electrons. The van der Waals surface area contributed by atoms with Crippen LogP contribution in [0.1, 0.15) is 49.7 Å². The predicted octanol–water partition coefficient (Wildman–Crippen LogP) is 5.20. The SMILES string of the molecule is Cc1cc(C)c2sc(N(CCCN(C)C)C(=O)C3CCCCC3)nc2c1.Cl. The first-order valence-corrected chi connectivity index (χ1v) is 10.6. The van der Waals surface area contributed by atoms with E-state index in [9.17, 15) is 4.79 Å². The molecule has 1 aromatic carbocycles. The molecule has 1 aromatic heterocycles. The highest BCUT2D eigenvalue weighted by atomic mass is 35.5. The summed E-state index contributed by atoms with van der Waals surface area (Å²) in [7, 11) is 4.16. The second kappa shape index (κ2) is 9.85. The van der Waals surface area contributed by atoms with E-state index in [2.05, 4.69) is 45.0 Å². The van der Waals surface area contributed by atoms with Gasteiger partial charge in [-0.15, -0.1) is 12.4 Å². The fraction of sp³-hybridized carbons (Fsp3) is 0.619. The van der Waals surface area contributed by atoms with E-state index < -0.39 is 0 Å². The number of aromatic nitrogens is 1. The van der Waals surface area contributed by atoms with Crippen molar-refractivity contribution in [3.05, 3.63) is 23.3 Å². The molecule has 4 nitrogen and oxygen atoms in total. The minimum atomic E-state index is 0. The van der Waals surface area contributed by atoms with Gasteiger partial charge in [0.05, 0.1) is 10.2 Å². The molecule has 1 aliphatic rings. The zero-order valence-corrected chi connectivity index (χ0v) is 18.6. The molecule has 1 aliphatic carbocycles. The highest BCUT2D eigenvalue weighted by Gasteiger charge is 2.28. The van der Waals surface area contributed by atoms with Gasteiger partial charge in [0.15, 0.2) is 5.13 Å². The molecular formula is C21H32ClN3OS. The van der Waals surface area contributed by atoms with Crippen molar-refractivity contribution in [1.82, 2.24) is 9.88 Å². The van der Waals surface area contributed by atoms with Gasteiger partial charge >= 0.3 is 0 Å². The Bertz CT molecular complexity index is 768. The third-order valence-corrected chi connectivity index (χ3v) is 6.48. The molecule has 0 atom stereocenters. The summed E-state index contributed by atoms with van der Waals surface area (Å²) < 4.78 is 1.21. The van der Waals surface area contributed by atoms with Gasteiger partial charge in [0, 0.05) is 12.5 Å². The van der Waals surface area contributed by atoms with Crippen LogP contribution in [0.4, 0.5) is 5.13 Å². The number of carbonyl (C=O) groups is 1. The molecular weight excluding hydrogens is 378 g/mol. The number of nitrogens with zero attached hydrogens (tertiary/aromatic N) is 3. The maximum absolute atomic E-state index is 13.3. The summed E-state index contributed by atoms with van der Waals surface area (Å²) >= 11 is 1.67. The van der Waals surface area contributed by atoms with Crippen LogP contribution in [-0.2, 0) is 4.79 Å². The molecule has 0 bridgehead atoms. The number of thiazole rings is 1. The fourth-order valence-corrected chi connectivity index (χ4v) is 4.94. The molecule has 3 rings (SSSR count). The number of rotatable bonds is 6. The second-order valence-corrected chi connectivity index (χ2v) is 8.89. The van der Waals surface area contributed by atoms with Crippen LogP contribution >= 0.6 is 23.7 Å². The van der Waals surface area contributed by atoms with E-state index in [0.29, 0.717) is 0 Å². The van der Waals surface area contributed by atoms with Gasteiger partial charge in [-0.25, -0.2) is 4.98 Å². The third kappa shape index (κ3) is 5.43. The second-order valence-electron chi connectivity index (χ2n) is 7.91. The van der Waals surface area contributed by atoms with Crippen LogP contribution in [0.2, 0.25) is 0 Å². The summed E-state index contributed by atoms with van der Waals surface area (Å²) in [5.41, 5.74) is 3.50. The molecule has 2 aromatic rings. The Balaban J connectivity index is 0.00000261. The average molecular weight is 410 g/mol. The Hall–Kier alpha value is -1.17. The van der Waals surface area contributed by atoms with Gasteiger partial charge in [0.1, 0.15) is 0 Å². The zero-order chi connectivity index (χ0) is 18.7. The summed E-state index contributed by atoms with van der Waals surface area (Å²) in [4.78, 5) is 22.3. The molecule has 27 heavy (non-hydrogen) atoms. The molecule has 0 N–H and O–H groups in total. The van der Waals surface area contributed by atoms with Gasteiger partial charge in [-0.3, -0.25) is 9.69 Å². The van der Waals surface area contributed by atoms with Crippen molar-refractivity contribution in [3.63, 3.8) is 0 Å². The average Bonchev–Trinajstić information content (AvgIpc) is 3.02. The van der Waals surface area contributed by atoms with Crippen molar-refractivity contribution in [3.8, 4) is 0 Å². The molecule has 0 unspecified atom stereocenters. The van der Waals surface area contributed by atoms with Gasteiger partial charge in [0.25, 0.3) is 0 Å². The quantitative estimate of drug-likeness (QED) is 0.657. The smallest absolute Gasteiger partial charge is 0.231 e. The number of hydrogen-bond acceptors (Lipinski definition) is 4. The number of aryl methyl sites for hydroxylation is 2. The van der Waals surface area contributed by atoms with Gasteiger partial charge in [-0.05, 0) is 70.9 Å². The van der Waals surface area contributed by atoms with Crippen molar-refractivity contribution >= 4 is 45.0 Å². The molecule has 0 aliphatic heterocycles. The molecule has 0 saturated heterocycles. The number of anilines is 1. The highest BCUT2D eigenvalue weighted by molar-refractivity contribution is 7.22. The van der Waals surface area contributed by atoms with E-state index >= 15 is 0 Å². The van der Waals surface area contributed by atoms with Crippen molar-refractivity contribution in [2.45, 2.75) is 52.4 Å². The maximum atomic E-state index is 13.3. The lowest BCUT2D eigenvalue weighted by molar-refractivity contribution is -0.123. The van der Waals surface area contributed by atoms with Crippen LogP contribution in [0.5, 0.6) is 0 Å². The first-order chi connectivity index (χ1) is 12.5. The minimum absolute atomic E-state index is 0. The van der Waals surface area contributed by atoms with Gasteiger partial charge in [-0.1, -0.05) is 36.7 Å². The Morgan fingerprint density at radius 2 is 1.85 bits per heavy atom. The highest BCUT2D eigenvalue weighted by Crippen LogP contribution is 2.34. The Labute approximate surface area is 173 Å². The van der Waals surface area contributed by atoms with E-state index in [-0.39, 0.29) is 24.2 Å². The number of hydrogen-bond donors (Lipinski definition) is 0. The van der Waals surface area contributed by atoms with E-state index in [1.165, 1.54) is 35.1 Å². The largest absolute Gasteiger partial charge is 0.309 e. The van der Waals surface area contributed by atoms with Crippen molar-refractivity contribution in [1.29, 1.82) is 0 Å². The minimum Gasteiger partial charge on any atom is -0.309 e. The van der Waals surface area contributed by atoms with Crippen LogP contribution < -0.4 is 4.90 Å². The topological polar surface area (TPSA) is 36.4 Å². The van der Waals surface area contributed by atoms with Crippen molar-refractivity contribution in [2.75, 3.05) is 32.1 Å². The molecule has 1 amide bonds. The molecule has 6 heteroatoms. The third-order valence-electron chi connectivity index (χ3n) is 5.25. The summed E-state index contributed by atoms with van der Waals surface area (Å²) in [6.45, 7) is 5.98. The predicted molar refractivity (Wildman–Crippen MR) is 118 cm³/mol. The summed E-state index contributed by atoms with van der Waals surface area (Å²) in [5.74, 6) is 0.467. The summed E-state index contributed by atoms with van der Waals surface area (Å²) in [5, 5.41) is 0.878. The first kappa shape index (κ1) is 22.1. The van der Waals surface area contributed by atoms with Gasteiger partial charge < -0.3 is 4.90 Å². The lowest BCUT2D eigenvalue weighted by Gasteiger charge is -2.28. The van der Waals surface area contributed by atoms with Crippen LogP contribution in [0.3, 0.4) is 0 Å². The normalized spacial score (nSPS) is 15.1. The fourth-order valence-electron chi connectivity index (χ4n) is 3.90. The monoisotopic (exact) mass is 409 g/mol. The maximum Gasteiger partial charge on any atom is 0.231 e. The number of amides is 1. The molecule has 1 heterocycles. The van der Waals surface area contributed by atoms with Crippen molar-refractivity contribution < 1.29 is 4.79 Å². The van der Waals surface area contributed by atoms with Crippen LogP contribution in [0.15, 0.2) is 12.1 Å². The Kier molecular flexibility index (Phi) is 8.07. The Morgan fingerprint density at radius 3 is 2.52 bits per heavy atom. The standard InChI is InChI=1S/C21H31N3OS.ClH/c1-15-13-16(2)19-18(14-15)22-21(26-19)24(12-8-11-23(3)4)20(25)17-9-6-5-7-10-17;/h13-14,17H,5-12H2,1-4H3;1H. The van der Waals surface area contributed by atoms with Crippen LogP contribution in [0.25, 0.3) is 10.2 Å². The number of carbonyl (C=O) groups excluding carboxylic acids is 1. The molecule has 1 fully saturated rings.